The maximum atomic E-state index is 11.4. The lowest BCUT2D eigenvalue weighted by atomic mass is 10.5. The van der Waals surface area contributed by atoms with Gasteiger partial charge in [0.25, 0.3) is 5.56 Å². The van der Waals surface area contributed by atoms with Crippen LogP contribution in [0.15, 0.2) is 15.9 Å². The van der Waals surface area contributed by atoms with Crippen molar-refractivity contribution in [2.75, 3.05) is 13.2 Å². The number of imidazole rings is 1. The first-order valence-corrected chi connectivity index (χ1v) is 5.71. The quantitative estimate of drug-likeness (QED) is 0.818. The van der Waals surface area contributed by atoms with Crippen LogP contribution in [0, 0.1) is 0 Å². The topological polar surface area (TPSA) is 81.9 Å². The van der Waals surface area contributed by atoms with E-state index in [0.29, 0.717) is 11.2 Å². The van der Waals surface area contributed by atoms with Crippen LogP contribution in [0.25, 0.3) is 11.2 Å². The van der Waals surface area contributed by atoms with Crippen LogP contribution >= 0.6 is 0 Å². The SMILES string of the molecule is CCOCC.Cn1c(=O)c2[nH]cnc2n(C)c1=O. The van der Waals surface area contributed by atoms with E-state index in [9.17, 15) is 9.59 Å². The van der Waals surface area contributed by atoms with Crippen LogP contribution in [0.5, 0.6) is 0 Å². The van der Waals surface area contributed by atoms with Crippen LogP contribution in [0.4, 0.5) is 0 Å². The number of fused-ring (bicyclic) bond motifs is 1. The Labute approximate surface area is 104 Å². The van der Waals surface area contributed by atoms with E-state index < -0.39 is 0 Å². The molecule has 7 nitrogen and oxygen atoms in total. The summed E-state index contributed by atoms with van der Waals surface area (Å²) in [5, 5.41) is 0. The number of rotatable bonds is 2. The number of hydrogen-bond acceptors (Lipinski definition) is 4. The molecule has 0 aliphatic rings. The van der Waals surface area contributed by atoms with Crippen molar-refractivity contribution in [3.8, 4) is 0 Å². The third-order valence-electron chi connectivity index (χ3n) is 2.44. The molecule has 0 unspecified atom stereocenters. The second-order valence-corrected chi connectivity index (χ2v) is 3.59. The molecule has 0 saturated heterocycles. The summed E-state index contributed by atoms with van der Waals surface area (Å²) in [5.41, 5.74) is 0.0119. The van der Waals surface area contributed by atoms with Crippen molar-refractivity contribution in [3.05, 3.63) is 27.2 Å². The van der Waals surface area contributed by atoms with E-state index >= 15 is 0 Å². The average molecular weight is 254 g/mol. The summed E-state index contributed by atoms with van der Waals surface area (Å²) >= 11 is 0. The molecule has 100 valence electrons. The van der Waals surface area contributed by atoms with E-state index in [4.69, 9.17) is 4.74 Å². The predicted octanol–water partition coefficient (Wildman–Crippen LogP) is 0.00310. The van der Waals surface area contributed by atoms with Gasteiger partial charge in [-0.05, 0) is 13.8 Å². The zero-order chi connectivity index (χ0) is 13.7. The molecular weight excluding hydrogens is 236 g/mol. The number of nitrogens with one attached hydrogen (secondary N) is 1. The summed E-state index contributed by atoms with van der Waals surface area (Å²) in [7, 11) is 3.01. The van der Waals surface area contributed by atoms with Crippen LogP contribution in [0.2, 0.25) is 0 Å². The number of ether oxygens (including phenoxy) is 1. The third kappa shape index (κ3) is 2.67. The normalized spacial score (nSPS) is 10.2. The van der Waals surface area contributed by atoms with Gasteiger partial charge in [-0.25, -0.2) is 9.78 Å². The summed E-state index contributed by atoms with van der Waals surface area (Å²) in [6.07, 6.45) is 1.39. The molecule has 0 spiro atoms. The Morgan fingerprint density at radius 1 is 1.22 bits per heavy atom. The zero-order valence-electron chi connectivity index (χ0n) is 11.1. The molecule has 0 saturated carbocycles. The average Bonchev–Trinajstić information content (AvgIpc) is 2.85. The van der Waals surface area contributed by atoms with Crippen LogP contribution in [0.1, 0.15) is 13.8 Å². The van der Waals surface area contributed by atoms with E-state index in [-0.39, 0.29) is 11.2 Å². The van der Waals surface area contributed by atoms with Crippen LogP contribution in [-0.2, 0) is 18.8 Å². The Bertz CT molecular complexity index is 621. The van der Waals surface area contributed by atoms with E-state index in [0.717, 1.165) is 17.8 Å². The lowest BCUT2D eigenvalue weighted by Gasteiger charge is -2.00. The molecule has 0 aliphatic carbocycles. The van der Waals surface area contributed by atoms with E-state index in [1.54, 1.807) is 7.05 Å². The molecule has 18 heavy (non-hydrogen) atoms. The highest BCUT2D eigenvalue weighted by molar-refractivity contribution is 5.68. The molecule has 0 amide bonds. The summed E-state index contributed by atoms with van der Waals surface area (Å²) in [4.78, 5) is 29.4. The highest BCUT2D eigenvalue weighted by atomic mass is 16.5. The highest BCUT2D eigenvalue weighted by Gasteiger charge is 2.08. The van der Waals surface area contributed by atoms with Crippen LogP contribution in [-0.4, -0.2) is 32.3 Å². The molecule has 2 aromatic rings. The first-order valence-electron chi connectivity index (χ1n) is 5.71. The minimum atomic E-state index is -0.371. The Morgan fingerprint density at radius 2 is 1.83 bits per heavy atom. The largest absolute Gasteiger partial charge is 0.382 e. The van der Waals surface area contributed by atoms with Gasteiger partial charge < -0.3 is 9.72 Å². The molecule has 7 heteroatoms. The number of aromatic nitrogens is 4. The van der Waals surface area contributed by atoms with Gasteiger partial charge >= 0.3 is 5.69 Å². The van der Waals surface area contributed by atoms with Crippen molar-refractivity contribution in [2.24, 2.45) is 14.1 Å². The number of aromatic amines is 1. The van der Waals surface area contributed by atoms with Gasteiger partial charge in [0, 0.05) is 27.3 Å². The van der Waals surface area contributed by atoms with E-state index in [1.807, 2.05) is 13.8 Å². The first-order chi connectivity index (χ1) is 8.54. The second kappa shape index (κ2) is 6.15. The highest BCUT2D eigenvalue weighted by Crippen LogP contribution is 1.97. The molecule has 2 rings (SSSR count). The standard InChI is InChI=1S/C7H8N4O2.C4H10O/c1-10-5-4(8-3-9-5)6(12)11(2)7(10)13;1-3-5-4-2/h3H,1-2H3,(H,8,9);3-4H2,1-2H3. The fourth-order valence-electron chi connectivity index (χ4n) is 1.47. The van der Waals surface area contributed by atoms with Gasteiger partial charge in [-0.2, -0.15) is 0 Å². The molecule has 2 aromatic heterocycles. The molecule has 0 bridgehead atoms. The maximum Gasteiger partial charge on any atom is 0.332 e. The fourth-order valence-corrected chi connectivity index (χ4v) is 1.47. The number of hydrogen-bond donors (Lipinski definition) is 1. The summed E-state index contributed by atoms with van der Waals surface area (Å²) in [5.74, 6) is 0. The van der Waals surface area contributed by atoms with E-state index in [1.165, 1.54) is 17.9 Å². The lowest BCUT2D eigenvalue weighted by molar-refractivity contribution is 0.162. The Kier molecular flexibility index (Phi) is 4.85. The monoisotopic (exact) mass is 254 g/mol. The van der Waals surface area contributed by atoms with Gasteiger partial charge in [-0.1, -0.05) is 0 Å². The molecule has 2 heterocycles. The van der Waals surface area contributed by atoms with Crippen molar-refractivity contribution in [2.45, 2.75) is 13.8 Å². The van der Waals surface area contributed by atoms with Crippen LogP contribution < -0.4 is 11.2 Å². The predicted molar refractivity (Wildman–Crippen MR) is 68.7 cm³/mol. The molecule has 0 radical (unpaired) electrons. The third-order valence-corrected chi connectivity index (χ3v) is 2.44. The van der Waals surface area contributed by atoms with Gasteiger partial charge in [0.2, 0.25) is 0 Å². The Hall–Kier alpha value is -1.89. The molecular formula is C11H18N4O3. The summed E-state index contributed by atoms with van der Waals surface area (Å²) in [6, 6.07) is 0. The van der Waals surface area contributed by atoms with Gasteiger partial charge in [0.05, 0.1) is 6.33 Å². The van der Waals surface area contributed by atoms with Crippen molar-refractivity contribution in [3.63, 3.8) is 0 Å². The van der Waals surface area contributed by atoms with Crippen LogP contribution in [0.3, 0.4) is 0 Å². The first kappa shape index (κ1) is 14.2. The molecule has 0 aromatic carbocycles. The fraction of sp³-hybridized carbons (Fsp3) is 0.545. The number of aryl methyl sites for hydroxylation is 1. The Balaban J connectivity index is 0.000000280. The number of nitrogens with zero attached hydrogens (tertiary/aromatic N) is 3. The van der Waals surface area contributed by atoms with Crippen molar-refractivity contribution in [1.82, 2.24) is 19.1 Å². The maximum absolute atomic E-state index is 11.4. The van der Waals surface area contributed by atoms with Crippen molar-refractivity contribution in [1.29, 1.82) is 0 Å². The van der Waals surface area contributed by atoms with Gasteiger partial charge in [0.15, 0.2) is 5.65 Å². The molecule has 0 atom stereocenters. The van der Waals surface area contributed by atoms with Gasteiger partial charge in [-0.3, -0.25) is 13.9 Å². The van der Waals surface area contributed by atoms with E-state index in [2.05, 4.69) is 9.97 Å². The molecule has 0 aliphatic heterocycles. The lowest BCUT2D eigenvalue weighted by Crippen LogP contribution is -2.36. The van der Waals surface area contributed by atoms with Crippen molar-refractivity contribution >= 4 is 11.2 Å². The smallest absolute Gasteiger partial charge is 0.332 e. The summed E-state index contributed by atoms with van der Waals surface area (Å²) < 4.78 is 7.20. The summed E-state index contributed by atoms with van der Waals surface area (Å²) in [6.45, 7) is 5.67. The van der Waals surface area contributed by atoms with Crippen molar-refractivity contribution < 1.29 is 4.74 Å². The number of H-pyrrole nitrogens is 1. The van der Waals surface area contributed by atoms with Gasteiger partial charge in [-0.15, -0.1) is 0 Å². The molecule has 0 fully saturated rings. The Morgan fingerprint density at radius 3 is 2.33 bits per heavy atom. The minimum absolute atomic E-state index is 0.351. The second-order valence-electron chi connectivity index (χ2n) is 3.59. The molecule has 1 N–H and O–H groups in total. The minimum Gasteiger partial charge on any atom is -0.382 e. The van der Waals surface area contributed by atoms with Gasteiger partial charge in [0.1, 0.15) is 5.52 Å². The zero-order valence-corrected chi connectivity index (χ0v) is 11.1.